The van der Waals surface area contributed by atoms with E-state index in [2.05, 4.69) is 0 Å². The predicted molar refractivity (Wildman–Crippen MR) is 52.4 cm³/mol. The molecule has 0 amide bonds. The lowest BCUT2D eigenvalue weighted by Gasteiger charge is -2.35. The zero-order valence-corrected chi connectivity index (χ0v) is 9.77. The molecule has 7 heteroatoms. The molecule has 4 atom stereocenters. The topological polar surface area (TPSA) is 37.3 Å². The average molecular weight is 262 g/mol. The second-order valence-electron chi connectivity index (χ2n) is 4.39. The van der Waals surface area contributed by atoms with Crippen molar-refractivity contribution >= 4 is 7.37 Å². The molecule has 0 aromatic rings. The van der Waals surface area contributed by atoms with E-state index in [0.717, 1.165) is 0 Å². The summed E-state index contributed by atoms with van der Waals surface area (Å²) in [6.45, 7) is 0.659. The molecule has 0 saturated heterocycles. The predicted octanol–water partition coefficient (Wildman–Crippen LogP) is 3.35. The van der Waals surface area contributed by atoms with Crippen molar-refractivity contribution in [1.82, 2.24) is 0 Å². The van der Waals surface area contributed by atoms with Crippen LogP contribution in [-0.4, -0.2) is 29.6 Å². The first-order chi connectivity index (χ1) is 7.14. The Bertz CT molecular complexity index is 286. The number of halogens is 4. The highest BCUT2D eigenvalue weighted by atomic mass is 31.2. The van der Waals surface area contributed by atoms with Crippen LogP contribution in [0.4, 0.5) is 17.6 Å². The monoisotopic (exact) mass is 262 g/mol. The molecule has 96 valence electrons. The van der Waals surface area contributed by atoms with E-state index in [1.165, 1.54) is 0 Å². The van der Waals surface area contributed by atoms with Crippen LogP contribution in [-0.2, 0) is 4.57 Å². The fourth-order valence-corrected chi connectivity index (χ4v) is 3.93. The zero-order valence-electron chi connectivity index (χ0n) is 8.88. The Labute approximate surface area is 91.5 Å². The van der Waals surface area contributed by atoms with Crippen LogP contribution in [0.1, 0.15) is 25.7 Å². The average Bonchev–Trinajstić information content (AvgIpc) is 2.03. The molecular weight excluding hydrogens is 247 g/mol. The van der Waals surface area contributed by atoms with Gasteiger partial charge in [-0.15, -0.1) is 0 Å². The number of rotatable bonds is 2. The van der Waals surface area contributed by atoms with Gasteiger partial charge in [-0.05, 0) is 12.8 Å². The Morgan fingerprint density at radius 1 is 1.31 bits per heavy atom. The van der Waals surface area contributed by atoms with Crippen molar-refractivity contribution in [1.29, 1.82) is 0 Å². The van der Waals surface area contributed by atoms with Gasteiger partial charge < -0.3 is 4.89 Å². The molecule has 1 fully saturated rings. The van der Waals surface area contributed by atoms with E-state index in [-0.39, 0.29) is 12.8 Å². The van der Waals surface area contributed by atoms with Crippen LogP contribution in [0.25, 0.3) is 0 Å². The van der Waals surface area contributed by atoms with Crippen molar-refractivity contribution in [2.24, 2.45) is 5.92 Å². The first kappa shape index (κ1) is 14.0. The van der Waals surface area contributed by atoms with Crippen LogP contribution >= 0.6 is 7.37 Å². The maximum absolute atomic E-state index is 13.4. The van der Waals surface area contributed by atoms with Crippen molar-refractivity contribution in [2.75, 3.05) is 6.66 Å². The Hall–Kier alpha value is -0.0900. The molecule has 4 unspecified atom stereocenters. The SMILES string of the molecule is CP(=O)(O)C(C1CCCCC1F)C(F)(F)F. The summed E-state index contributed by atoms with van der Waals surface area (Å²) >= 11 is 0. The molecule has 1 N–H and O–H groups in total. The molecular formula is C9H15F4O2P. The Morgan fingerprint density at radius 3 is 2.19 bits per heavy atom. The molecule has 0 bridgehead atoms. The summed E-state index contributed by atoms with van der Waals surface area (Å²) in [5.41, 5.74) is -2.42. The van der Waals surface area contributed by atoms with Gasteiger partial charge >= 0.3 is 6.18 Å². The van der Waals surface area contributed by atoms with E-state index in [0.29, 0.717) is 19.5 Å². The van der Waals surface area contributed by atoms with Gasteiger partial charge in [0.25, 0.3) is 0 Å². The van der Waals surface area contributed by atoms with Gasteiger partial charge in [-0.2, -0.15) is 13.2 Å². The van der Waals surface area contributed by atoms with Crippen molar-refractivity contribution in [2.45, 2.75) is 43.7 Å². The van der Waals surface area contributed by atoms with Crippen LogP contribution in [0.15, 0.2) is 0 Å². The fourth-order valence-electron chi connectivity index (χ4n) is 2.34. The lowest BCUT2D eigenvalue weighted by molar-refractivity contribution is -0.149. The lowest BCUT2D eigenvalue weighted by atomic mass is 9.85. The molecule has 0 aromatic carbocycles. The normalized spacial score (nSPS) is 33.1. The van der Waals surface area contributed by atoms with Gasteiger partial charge in [0.1, 0.15) is 11.8 Å². The van der Waals surface area contributed by atoms with Gasteiger partial charge in [-0.3, -0.25) is 4.57 Å². The minimum atomic E-state index is -4.81. The third-order valence-electron chi connectivity index (χ3n) is 2.99. The molecule has 1 aliphatic rings. The molecule has 0 radical (unpaired) electrons. The highest BCUT2D eigenvalue weighted by Crippen LogP contribution is 2.56. The second-order valence-corrected chi connectivity index (χ2v) is 6.84. The lowest BCUT2D eigenvalue weighted by Crippen LogP contribution is -2.41. The van der Waals surface area contributed by atoms with Crippen LogP contribution in [0.5, 0.6) is 0 Å². The largest absolute Gasteiger partial charge is 0.401 e. The van der Waals surface area contributed by atoms with E-state index >= 15 is 0 Å². The summed E-state index contributed by atoms with van der Waals surface area (Å²) < 4.78 is 62.7. The first-order valence-electron chi connectivity index (χ1n) is 5.14. The van der Waals surface area contributed by atoms with Crippen molar-refractivity contribution in [3.63, 3.8) is 0 Å². The third-order valence-corrected chi connectivity index (χ3v) is 4.70. The highest BCUT2D eigenvalue weighted by molar-refractivity contribution is 7.58. The molecule has 1 aliphatic carbocycles. The quantitative estimate of drug-likeness (QED) is 0.612. The summed E-state index contributed by atoms with van der Waals surface area (Å²) in [6.07, 6.45) is -5.33. The summed E-state index contributed by atoms with van der Waals surface area (Å²) in [5.74, 6) is -1.37. The van der Waals surface area contributed by atoms with E-state index in [1.54, 1.807) is 0 Å². The van der Waals surface area contributed by atoms with E-state index in [4.69, 9.17) is 4.89 Å². The second kappa shape index (κ2) is 4.65. The summed E-state index contributed by atoms with van der Waals surface area (Å²) in [4.78, 5) is 9.15. The fraction of sp³-hybridized carbons (Fsp3) is 1.00. The van der Waals surface area contributed by atoms with Gasteiger partial charge in [0.05, 0.1) is 0 Å². The van der Waals surface area contributed by atoms with Crippen LogP contribution in [0, 0.1) is 5.92 Å². The molecule has 1 saturated carbocycles. The van der Waals surface area contributed by atoms with E-state index < -0.39 is 31.3 Å². The smallest absolute Gasteiger partial charge is 0.344 e. The van der Waals surface area contributed by atoms with E-state index in [1.807, 2.05) is 0 Å². The molecule has 0 aromatic heterocycles. The van der Waals surface area contributed by atoms with Gasteiger partial charge in [-0.1, -0.05) is 12.8 Å². The van der Waals surface area contributed by atoms with Gasteiger partial charge in [0.15, 0.2) is 0 Å². The van der Waals surface area contributed by atoms with Gasteiger partial charge in [-0.25, -0.2) is 4.39 Å². The highest BCUT2D eigenvalue weighted by Gasteiger charge is 2.55. The number of alkyl halides is 4. The van der Waals surface area contributed by atoms with Crippen molar-refractivity contribution < 1.29 is 27.0 Å². The molecule has 0 heterocycles. The maximum Gasteiger partial charge on any atom is 0.401 e. The van der Waals surface area contributed by atoms with Gasteiger partial charge in [0.2, 0.25) is 7.37 Å². The minimum Gasteiger partial charge on any atom is -0.344 e. The van der Waals surface area contributed by atoms with Crippen LogP contribution in [0.2, 0.25) is 0 Å². The molecule has 2 nitrogen and oxygen atoms in total. The zero-order chi connectivity index (χ0) is 12.6. The Kier molecular flexibility index (Phi) is 4.06. The number of hydrogen-bond donors (Lipinski definition) is 1. The van der Waals surface area contributed by atoms with E-state index in [9.17, 15) is 22.1 Å². The maximum atomic E-state index is 13.4. The first-order valence-corrected chi connectivity index (χ1v) is 7.32. The van der Waals surface area contributed by atoms with Crippen molar-refractivity contribution in [3.05, 3.63) is 0 Å². The molecule has 0 spiro atoms. The minimum absolute atomic E-state index is 0.0315. The standard InChI is InChI=1S/C9H15F4O2P/c1-16(14,15)8(9(11,12)13)6-4-2-3-5-7(6)10/h6-8H,2-5H2,1H3,(H,14,15). The van der Waals surface area contributed by atoms with Crippen molar-refractivity contribution in [3.8, 4) is 0 Å². The number of hydrogen-bond acceptors (Lipinski definition) is 1. The van der Waals surface area contributed by atoms with Crippen LogP contribution < -0.4 is 0 Å². The summed E-state index contributed by atoms with van der Waals surface area (Å²) in [6, 6.07) is 0. The molecule has 1 rings (SSSR count). The molecule has 16 heavy (non-hydrogen) atoms. The summed E-state index contributed by atoms with van der Waals surface area (Å²) in [7, 11) is -4.37. The van der Waals surface area contributed by atoms with Crippen LogP contribution in [0.3, 0.4) is 0 Å². The molecule has 0 aliphatic heterocycles. The Morgan fingerprint density at radius 2 is 1.81 bits per heavy atom. The third kappa shape index (κ3) is 3.20. The Balaban J connectivity index is 2.97. The summed E-state index contributed by atoms with van der Waals surface area (Å²) in [5, 5.41) is 0. The van der Waals surface area contributed by atoms with Gasteiger partial charge in [0, 0.05) is 12.6 Å².